The summed E-state index contributed by atoms with van der Waals surface area (Å²) in [6.45, 7) is 4.78. The molecule has 3 atom stereocenters. The summed E-state index contributed by atoms with van der Waals surface area (Å²) in [6, 6.07) is 4.07. The highest BCUT2D eigenvalue weighted by atomic mass is 16.5. The van der Waals surface area contributed by atoms with Gasteiger partial charge in [0.2, 0.25) is 17.7 Å². The lowest BCUT2D eigenvalue weighted by molar-refractivity contribution is -0.145. The molecule has 4 heterocycles. The number of amides is 3. The fourth-order valence-corrected chi connectivity index (χ4v) is 6.92. The van der Waals surface area contributed by atoms with Crippen LogP contribution in [0.5, 0.6) is 11.5 Å². The number of aryl methyl sites for hydroxylation is 4. The van der Waals surface area contributed by atoms with E-state index in [0.29, 0.717) is 82.2 Å². The molecule has 0 saturated carbocycles. The van der Waals surface area contributed by atoms with Crippen molar-refractivity contribution in [2.45, 2.75) is 77.3 Å². The van der Waals surface area contributed by atoms with Crippen molar-refractivity contribution in [3.05, 3.63) is 29.1 Å². The molecule has 0 unspecified atom stereocenters. The van der Waals surface area contributed by atoms with E-state index in [1.807, 2.05) is 17.9 Å². The first-order chi connectivity index (χ1) is 20.4. The van der Waals surface area contributed by atoms with Crippen molar-refractivity contribution in [3.8, 4) is 11.5 Å². The second kappa shape index (κ2) is 13.5. The number of likely N-dealkylation sites (tertiary alicyclic amines) is 1. The minimum absolute atomic E-state index is 0.00720. The highest BCUT2D eigenvalue weighted by Crippen LogP contribution is 2.37. The van der Waals surface area contributed by atoms with Crippen LogP contribution in [0.3, 0.4) is 0 Å². The van der Waals surface area contributed by atoms with E-state index in [-0.39, 0.29) is 35.6 Å². The molecule has 42 heavy (non-hydrogen) atoms. The first-order valence-corrected chi connectivity index (χ1v) is 15.2. The van der Waals surface area contributed by atoms with Gasteiger partial charge in [-0.1, -0.05) is 6.07 Å². The molecule has 5 rings (SSSR count). The Morgan fingerprint density at radius 3 is 2.67 bits per heavy atom. The standard InChI is InChI=1S/C30H43N7O5/c1-20-32-33-34-37(20)13-11-28(39)35-17-22-15-24(19-35)25-7-4-8-27(38)31-12-5-6-23-14-21(9-10-29(40)36(25)18-22)16-26(41-2)30(23)42-3/h14,16,22,24-25H,4-13,15,17-19H2,1-3H3,(H,31,38)/t22-,24+,25-/m0/s1. The van der Waals surface area contributed by atoms with Crippen molar-refractivity contribution >= 4 is 17.7 Å². The fraction of sp³-hybridized carbons (Fsp3) is 0.667. The Morgan fingerprint density at radius 1 is 1.05 bits per heavy atom. The normalized spacial score (nSPS) is 23.6. The van der Waals surface area contributed by atoms with E-state index in [4.69, 9.17) is 9.47 Å². The van der Waals surface area contributed by atoms with Crippen molar-refractivity contribution in [1.29, 1.82) is 0 Å². The lowest BCUT2D eigenvalue weighted by Crippen LogP contribution is -2.60. The van der Waals surface area contributed by atoms with E-state index in [2.05, 4.69) is 31.8 Å². The largest absolute Gasteiger partial charge is 0.493 e. The average molecular weight is 582 g/mol. The van der Waals surface area contributed by atoms with Gasteiger partial charge in [-0.15, -0.1) is 5.10 Å². The molecule has 2 fully saturated rings. The summed E-state index contributed by atoms with van der Waals surface area (Å²) in [7, 11) is 3.26. The van der Waals surface area contributed by atoms with Crippen LogP contribution in [0.25, 0.3) is 0 Å². The van der Waals surface area contributed by atoms with Gasteiger partial charge in [-0.25, -0.2) is 4.68 Å². The molecule has 0 aliphatic carbocycles. The van der Waals surface area contributed by atoms with Gasteiger partial charge in [-0.3, -0.25) is 14.4 Å². The molecular formula is C30H43N7O5. The van der Waals surface area contributed by atoms with Crippen LogP contribution in [0.1, 0.15) is 61.9 Å². The quantitative estimate of drug-likeness (QED) is 0.567. The Morgan fingerprint density at radius 2 is 1.90 bits per heavy atom. The Bertz CT molecular complexity index is 1280. The highest BCUT2D eigenvalue weighted by Gasteiger charge is 2.43. The highest BCUT2D eigenvalue weighted by molar-refractivity contribution is 5.78. The van der Waals surface area contributed by atoms with Crippen molar-refractivity contribution in [1.82, 2.24) is 35.3 Å². The molecule has 3 aliphatic rings. The summed E-state index contributed by atoms with van der Waals surface area (Å²) in [5.74, 6) is 2.74. The number of ether oxygens (including phenoxy) is 2. The summed E-state index contributed by atoms with van der Waals surface area (Å²) in [4.78, 5) is 43.7. The van der Waals surface area contributed by atoms with Gasteiger partial charge in [0.15, 0.2) is 11.5 Å². The second-order valence-corrected chi connectivity index (χ2v) is 11.8. The number of nitrogens with one attached hydrogen (secondary N) is 1. The van der Waals surface area contributed by atoms with Gasteiger partial charge in [-0.2, -0.15) is 0 Å². The van der Waals surface area contributed by atoms with E-state index in [0.717, 1.165) is 36.8 Å². The van der Waals surface area contributed by atoms with Crippen LogP contribution in [0.2, 0.25) is 0 Å². The van der Waals surface area contributed by atoms with Gasteiger partial charge < -0.3 is 24.6 Å². The molecule has 2 saturated heterocycles. The van der Waals surface area contributed by atoms with E-state index in [1.54, 1.807) is 18.9 Å². The number of tetrazole rings is 1. The molecule has 1 aromatic heterocycles. The molecule has 4 bridgehead atoms. The van der Waals surface area contributed by atoms with E-state index >= 15 is 0 Å². The lowest BCUT2D eigenvalue weighted by atomic mass is 9.77. The van der Waals surface area contributed by atoms with Crippen LogP contribution in [-0.4, -0.2) is 94.2 Å². The fourth-order valence-electron chi connectivity index (χ4n) is 6.92. The first-order valence-electron chi connectivity index (χ1n) is 15.2. The Kier molecular flexibility index (Phi) is 9.58. The predicted molar refractivity (Wildman–Crippen MR) is 154 cm³/mol. The van der Waals surface area contributed by atoms with Crippen LogP contribution in [0.4, 0.5) is 0 Å². The zero-order valence-corrected chi connectivity index (χ0v) is 25.0. The van der Waals surface area contributed by atoms with Gasteiger partial charge in [0.25, 0.3) is 0 Å². The summed E-state index contributed by atoms with van der Waals surface area (Å²) >= 11 is 0. The maximum atomic E-state index is 13.8. The molecular weight excluding hydrogens is 538 g/mol. The predicted octanol–water partition coefficient (Wildman–Crippen LogP) is 1.93. The number of aromatic nitrogens is 4. The van der Waals surface area contributed by atoms with Gasteiger partial charge in [0.1, 0.15) is 5.82 Å². The third-order valence-corrected chi connectivity index (χ3v) is 8.98. The monoisotopic (exact) mass is 581 g/mol. The molecule has 1 N–H and O–H groups in total. The van der Waals surface area contributed by atoms with Crippen LogP contribution >= 0.6 is 0 Å². The Hall–Kier alpha value is -3.70. The number of hydrogen-bond donors (Lipinski definition) is 1. The third-order valence-electron chi connectivity index (χ3n) is 8.98. The molecule has 0 radical (unpaired) electrons. The van der Waals surface area contributed by atoms with Crippen LogP contribution < -0.4 is 14.8 Å². The number of nitrogens with zero attached hydrogens (tertiary/aromatic N) is 6. The first kappa shape index (κ1) is 29.8. The Labute approximate surface area is 247 Å². The maximum Gasteiger partial charge on any atom is 0.224 e. The van der Waals surface area contributed by atoms with Crippen molar-refractivity contribution in [3.63, 3.8) is 0 Å². The van der Waals surface area contributed by atoms with Crippen LogP contribution in [0.15, 0.2) is 12.1 Å². The maximum absolute atomic E-state index is 13.8. The number of hydrogen-bond acceptors (Lipinski definition) is 8. The lowest BCUT2D eigenvalue weighted by Gasteiger charge is -2.51. The van der Waals surface area contributed by atoms with E-state index < -0.39 is 0 Å². The topological polar surface area (TPSA) is 132 Å². The molecule has 3 amide bonds. The second-order valence-electron chi connectivity index (χ2n) is 11.8. The van der Waals surface area contributed by atoms with Crippen molar-refractivity contribution < 1.29 is 23.9 Å². The minimum Gasteiger partial charge on any atom is -0.493 e. The zero-order chi connectivity index (χ0) is 29.6. The number of fused-ring (bicyclic) bond motifs is 6. The van der Waals surface area contributed by atoms with Gasteiger partial charge in [0, 0.05) is 51.5 Å². The Balaban J connectivity index is 1.31. The summed E-state index contributed by atoms with van der Waals surface area (Å²) < 4.78 is 12.9. The molecule has 12 heteroatoms. The number of carbonyl (C=O) groups is 3. The molecule has 2 aromatic rings. The van der Waals surface area contributed by atoms with Gasteiger partial charge >= 0.3 is 0 Å². The third kappa shape index (κ3) is 6.84. The summed E-state index contributed by atoms with van der Waals surface area (Å²) in [6.07, 6.45) is 5.76. The van der Waals surface area contributed by atoms with Crippen molar-refractivity contribution in [2.75, 3.05) is 40.4 Å². The van der Waals surface area contributed by atoms with Crippen LogP contribution in [-0.2, 0) is 33.8 Å². The molecule has 3 aliphatic heterocycles. The summed E-state index contributed by atoms with van der Waals surface area (Å²) in [5, 5.41) is 14.6. The van der Waals surface area contributed by atoms with Gasteiger partial charge in [0.05, 0.1) is 20.8 Å². The van der Waals surface area contributed by atoms with E-state index in [9.17, 15) is 14.4 Å². The minimum atomic E-state index is 0.00720. The van der Waals surface area contributed by atoms with Crippen LogP contribution in [0, 0.1) is 18.8 Å². The number of methoxy groups -OCH3 is 2. The molecule has 12 nitrogen and oxygen atoms in total. The van der Waals surface area contributed by atoms with Crippen molar-refractivity contribution in [2.24, 2.45) is 11.8 Å². The molecule has 0 spiro atoms. The molecule has 1 aromatic carbocycles. The average Bonchev–Trinajstić information content (AvgIpc) is 3.41. The van der Waals surface area contributed by atoms with Gasteiger partial charge in [-0.05, 0) is 84.9 Å². The number of rotatable bonds is 5. The number of carbonyl (C=O) groups excluding carboxylic acids is 3. The van der Waals surface area contributed by atoms with E-state index in [1.165, 1.54) is 0 Å². The molecule has 228 valence electrons. The zero-order valence-electron chi connectivity index (χ0n) is 25.0. The SMILES string of the molecule is COc1cc2cc(c1OC)CCCNC(=O)CCC[C@H]1[C@@H]3C[C@@H](CN(C(=O)CCn4nnnc4C)C3)CN1C(=O)CC2. The smallest absolute Gasteiger partial charge is 0.224 e. The summed E-state index contributed by atoms with van der Waals surface area (Å²) in [5.41, 5.74) is 2.06. The number of benzene rings is 1. The number of piperidine rings is 2.